The average molecular weight is 245 g/mol. The number of rotatable bonds is 2. The largest absolute Gasteiger partial charge is 0.481 e. The molecule has 1 aliphatic rings. The molecule has 0 aromatic heterocycles. The van der Waals surface area contributed by atoms with E-state index in [0.717, 1.165) is 12.1 Å². The van der Waals surface area contributed by atoms with Gasteiger partial charge in [0.25, 0.3) is 0 Å². The third-order valence-corrected chi connectivity index (χ3v) is 2.87. The summed E-state index contributed by atoms with van der Waals surface area (Å²) in [5.74, 6) is -1.50. The van der Waals surface area contributed by atoms with Crippen molar-refractivity contribution in [1.29, 1.82) is 0 Å². The third-order valence-electron chi connectivity index (χ3n) is 2.87. The first-order valence-electron chi connectivity index (χ1n) is 5.03. The maximum Gasteiger partial charge on any atom is 0.416 e. The molecule has 1 fully saturated rings. The van der Waals surface area contributed by atoms with Crippen LogP contribution in [0.3, 0.4) is 0 Å². The van der Waals surface area contributed by atoms with E-state index in [-0.39, 0.29) is 0 Å². The summed E-state index contributed by atoms with van der Waals surface area (Å²) >= 11 is 0. The van der Waals surface area contributed by atoms with Crippen LogP contribution in [0.2, 0.25) is 0 Å². The molecule has 1 saturated heterocycles. The molecule has 1 aromatic carbocycles. The summed E-state index contributed by atoms with van der Waals surface area (Å²) < 4.78 is 36.9. The number of carboxylic acids is 1. The molecule has 2 atom stereocenters. The second-order valence-electron chi connectivity index (χ2n) is 3.95. The van der Waals surface area contributed by atoms with Crippen molar-refractivity contribution < 1.29 is 23.1 Å². The first-order valence-corrected chi connectivity index (χ1v) is 5.03. The molecular formula is C11H10F3NO2. The molecule has 0 radical (unpaired) electrons. The smallest absolute Gasteiger partial charge is 0.416 e. The summed E-state index contributed by atoms with van der Waals surface area (Å²) in [6.07, 6.45) is -4.36. The van der Waals surface area contributed by atoms with E-state index in [1.165, 1.54) is 12.1 Å². The summed E-state index contributed by atoms with van der Waals surface area (Å²) in [5, 5.41) is 11.7. The van der Waals surface area contributed by atoms with Crippen molar-refractivity contribution in [1.82, 2.24) is 5.32 Å². The zero-order valence-electron chi connectivity index (χ0n) is 8.66. The fraction of sp³-hybridized carbons (Fsp3) is 0.364. The van der Waals surface area contributed by atoms with E-state index in [4.69, 9.17) is 5.11 Å². The van der Waals surface area contributed by atoms with E-state index >= 15 is 0 Å². The van der Waals surface area contributed by atoms with Crippen LogP contribution < -0.4 is 5.32 Å². The van der Waals surface area contributed by atoms with E-state index in [1.54, 1.807) is 0 Å². The van der Waals surface area contributed by atoms with E-state index in [9.17, 15) is 18.0 Å². The van der Waals surface area contributed by atoms with Gasteiger partial charge < -0.3 is 10.4 Å². The lowest BCUT2D eigenvalue weighted by atomic mass is 9.86. The zero-order valence-corrected chi connectivity index (χ0v) is 8.66. The van der Waals surface area contributed by atoms with Crippen LogP contribution in [0.1, 0.15) is 17.2 Å². The minimum Gasteiger partial charge on any atom is -0.481 e. The Hall–Kier alpha value is -1.56. The fourth-order valence-electron chi connectivity index (χ4n) is 1.81. The molecule has 0 aliphatic carbocycles. The number of nitrogens with one attached hydrogen (secondary N) is 1. The number of alkyl halides is 3. The molecule has 92 valence electrons. The summed E-state index contributed by atoms with van der Waals surface area (Å²) in [6, 6.07) is 4.17. The number of hydrogen-bond donors (Lipinski definition) is 2. The van der Waals surface area contributed by atoms with E-state index in [0.29, 0.717) is 12.1 Å². The van der Waals surface area contributed by atoms with Crippen molar-refractivity contribution in [2.24, 2.45) is 5.92 Å². The molecule has 1 aromatic rings. The molecule has 0 bridgehead atoms. The Morgan fingerprint density at radius 1 is 1.29 bits per heavy atom. The van der Waals surface area contributed by atoms with Gasteiger partial charge in [-0.2, -0.15) is 13.2 Å². The molecule has 0 amide bonds. The van der Waals surface area contributed by atoms with Gasteiger partial charge in [0, 0.05) is 12.6 Å². The Morgan fingerprint density at radius 2 is 1.88 bits per heavy atom. The molecule has 2 rings (SSSR count). The Morgan fingerprint density at radius 3 is 2.24 bits per heavy atom. The zero-order chi connectivity index (χ0) is 12.6. The number of benzene rings is 1. The van der Waals surface area contributed by atoms with Crippen molar-refractivity contribution in [2.45, 2.75) is 12.2 Å². The van der Waals surface area contributed by atoms with Crippen molar-refractivity contribution in [2.75, 3.05) is 6.54 Å². The fourth-order valence-corrected chi connectivity index (χ4v) is 1.81. The maximum atomic E-state index is 12.3. The molecule has 2 N–H and O–H groups in total. The normalized spacial score (nSPS) is 24.2. The van der Waals surface area contributed by atoms with Crippen molar-refractivity contribution >= 4 is 5.97 Å². The van der Waals surface area contributed by atoms with Gasteiger partial charge in [-0.15, -0.1) is 0 Å². The van der Waals surface area contributed by atoms with Gasteiger partial charge in [-0.3, -0.25) is 4.79 Å². The highest BCUT2D eigenvalue weighted by molar-refractivity contribution is 5.73. The predicted molar refractivity (Wildman–Crippen MR) is 53.3 cm³/mol. The lowest BCUT2D eigenvalue weighted by Crippen LogP contribution is -2.49. The van der Waals surface area contributed by atoms with E-state index < -0.39 is 29.7 Å². The van der Waals surface area contributed by atoms with Crippen LogP contribution in [0.4, 0.5) is 13.2 Å². The van der Waals surface area contributed by atoms with Crippen LogP contribution in [0.15, 0.2) is 24.3 Å². The van der Waals surface area contributed by atoms with Crippen molar-refractivity contribution in [3.05, 3.63) is 35.4 Å². The highest BCUT2D eigenvalue weighted by atomic mass is 19.4. The van der Waals surface area contributed by atoms with Gasteiger partial charge >= 0.3 is 12.1 Å². The van der Waals surface area contributed by atoms with Crippen LogP contribution in [0.5, 0.6) is 0 Å². The molecule has 0 spiro atoms. The standard InChI is InChI=1S/C11H10F3NO2/c12-11(13,14)7-3-1-6(2-4-7)9-8(5-15-9)10(16)17/h1-4,8-9,15H,5H2,(H,16,17). The molecule has 17 heavy (non-hydrogen) atoms. The molecule has 1 aliphatic heterocycles. The van der Waals surface area contributed by atoms with Crippen LogP contribution >= 0.6 is 0 Å². The second kappa shape index (κ2) is 4.03. The minimum absolute atomic E-state index is 0.348. The molecule has 1 heterocycles. The summed E-state index contributed by atoms with van der Waals surface area (Å²) in [5.41, 5.74) is -0.163. The van der Waals surface area contributed by atoms with Gasteiger partial charge in [0.15, 0.2) is 0 Å². The summed E-state index contributed by atoms with van der Waals surface area (Å²) in [7, 11) is 0. The number of halogens is 3. The average Bonchev–Trinajstić information content (AvgIpc) is 2.14. The number of hydrogen-bond acceptors (Lipinski definition) is 2. The van der Waals surface area contributed by atoms with Crippen LogP contribution in [-0.4, -0.2) is 17.6 Å². The number of aliphatic carboxylic acids is 1. The highest BCUT2D eigenvalue weighted by Gasteiger charge is 2.37. The molecule has 6 heteroatoms. The van der Waals surface area contributed by atoms with Gasteiger partial charge in [0.1, 0.15) is 0 Å². The topological polar surface area (TPSA) is 49.3 Å². The number of carboxylic acid groups (broad SMARTS) is 1. The summed E-state index contributed by atoms with van der Waals surface area (Å²) in [6.45, 7) is 0.348. The Balaban J connectivity index is 2.16. The van der Waals surface area contributed by atoms with E-state index in [2.05, 4.69) is 5.32 Å². The lowest BCUT2D eigenvalue weighted by molar-refractivity contribution is -0.145. The quantitative estimate of drug-likeness (QED) is 0.838. The Bertz CT molecular complexity index is 427. The third kappa shape index (κ3) is 2.26. The van der Waals surface area contributed by atoms with Gasteiger partial charge in [-0.1, -0.05) is 12.1 Å². The van der Waals surface area contributed by atoms with Crippen LogP contribution in [0, 0.1) is 5.92 Å². The number of carbonyl (C=O) groups is 1. The first kappa shape index (κ1) is 11.9. The first-order chi connectivity index (χ1) is 7.89. The van der Waals surface area contributed by atoms with Crippen LogP contribution in [-0.2, 0) is 11.0 Å². The molecular weight excluding hydrogens is 235 g/mol. The molecule has 0 saturated carbocycles. The Kier molecular flexibility index (Phi) is 2.82. The van der Waals surface area contributed by atoms with Crippen LogP contribution in [0.25, 0.3) is 0 Å². The molecule has 3 nitrogen and oxygen atoms in total. The maximum absolute atomic E-state index is 12.3. The predicted octanol–water partition coefficient (Wildman–Crippen LogP) is 2.05. The molecule has 2 unspecified atom stereocenters. The lowest BCUT2D eigenvalue weighted by Gasteiger charge is -2.35. The van der Waals surface area contributed by atoms with Gasteiger partial charge in [0.2, 0.25) is 0 Å². The second-order valence-corrected chi connectivity index (χ2v) is 3.95. The highest BCUT2D eigenvalue weighted by Crippen LogP contribution is 2.33. The van der Waals surface area contributed by atoms with Gasteiger partial charge in [-0.05, 0) is 17.7 Å². The monoisotopic (exact) mass is 245 g/mol. The minimum atomic E-state index is -4.36. The van der Waals surface area contributed by atoms with Crippen molar-refractivity contribution in [3.63, 3.8) is 0 Å². The van der Waals surface area contributed by atoms with Gasteiger partial charge in [0.05, 0.1) is 11.5 Å². The van der Waals surface area contributed by atoms with Gasteiger partial charge in [-0.25, -0.2) is 0 Å². The van der Waals surface area contributed by atoms with Crippen molar-refractivity contribution in [3.8, 4) is 0 Å². The Labute approximate surface area is 95.3 Å². The van der Waals surface area contributed by atoms with E-state index in [1.807, 2.05) is 0 Å². The SMILES string of the molecule is O=C(O)C1CNC1c1ccc(C(F)(F)F)cc1. The summed E-state index contributed by atoms with van der Waals surface area (Å²) in [4.78, 5) is 10.8.